The summed E-state index contributed by atoms with van der Waals surface area (Å²) in [6.07, 6.45) is 0. The van der Waals surface area contributed by atoms with Crippen LogP contribution in [0.3, 0.4) is 0 Å². The van der Waals surface area contributed by atoms with Crippen LogP contribution in [0.4, 0.5) is 0 Å². The summed E-state index contributed by atoms with van der Waals surface area (Å²) in [7, 11) is 1.76. The molecule has 1 fully saturated rings. The van der Waals surface area contributed by atoms with Crippen LogP contribution in [-0.2, 0) is 4.79 Å². The fraction of sp³-hybridized carbons (Fsp3) is 0.429. The van der Waals surface area contributed by atoms with Crippen LogP contribution in [0.1, 0.15) is 24.2 Å². The van der Waals surface area contributed by atoms with E-state index >= 15 is 0 Å². The Bertz CT molecular complexity index is 574. The maximum atomic E-state index is 12.7. The Kier molecular flexibility index (Phi) is 4.16. The van der Waals surface area contributed by atoms with Gasteiger partial charge in [0.05, 0.1) is 5.56 Å². The minimum Gasteiger partial charge on any atom is -0.342 e. The number of carbonyl (C=O) groups is 2. The maximum absolute atomic E-state index is 12.7. The van der Waals surface area contributed by atoms with E-state index in [-0.39, 0.29) is 11.8 Å². The first kappa shape index (κ1) is 15.4. The Morgan fingerprint density at radius 3 is 2.65 bits per heavy atom. The summed E-state index contributed by atoms with van der Waals surface area (Å²) in [5.41, 5.74) is -0.307. The first-order valence-electron chi connectivity index (χ1n) is 6.31. The molecule has 0 aliphatic carbocycles. The van der Waals surface area contributed by atoms with Gasteiger partial charge in [-0.3, -0.25) is 9.59 Å². The van der Waals surface area contributed by atoms with Crippen LogP contribution >= 0.6 is 28.6 Å². The minimum atomic E-state index is -0.837. The summed E-state index contributed by atoms with van der Waals surface area (Å²) in [5.74, 6) is -0.200. The lowest BCUT2D eigenvalue weighted by molar-refractivity contribution is -0.144. The molecule has 0 spiro atoms. The Hall–Kier alpha value is -1.01. The lowest BCUT2D eigenvalue weighted by Crippen LogP contribution is -2.63. The van der Waals surface area contributed by atoms with Gasteiger partial charge in [-0.2, -0.15) is 0 Å². The molecule has 0 saturated carbocycles. The average Bonchev–Trinajstić information content (AvgIpc) is 2.38. The van der Waals surface area contributed by atoms with E-state index in [4.69, 9.17) is 0 Å². The molecule has 1 aliphatic rings. The monoisotopic (exact) mass is 356 g/mol. The van der Waals surface area contributed by atoms with Gasteiger partial charge in [-0.15, -0.1) is 12.6 Å². The van der Waals surface area contributed by atoms with Crippen molar-refractivity contribution in [3.05, 3.63) is 28.2 Å². The molecule has 0 atom stereocenters. The van der Waals surface area contributed by atoms with E-state index in [0.717, 1.165) is 4.90 Å². The summed E-state index contributed by atoms with van der Waals surface area (Å²) in [6, 6.07) is 5.32. The Morgan fingerprint density at radius 1 is 1.35 bits per heavy atom. The Morgan fingerprint density at radius 2 is 2.00 bits per heavy atom. The quantitative estimate of drug-likeness (QED) is 0.785. The summed E-state index contributed by atoms with van der Waals surface area (Å²) < 4.78 is 0.711. The minimum absolute atomic E-state index is 0.0461. The number of piperazine rings is 1. The second kappa shape index (κ2) is 5.41. The maximum Gasteiger partial charge on any atom is 0.255 e. The summed E-state index contributed by atoms with van der Waals surface area (Å²) in [6.45, 7) is 4.63. The number of benzene rings is 1. The molecule has 1 aromatic carbocycles. The summed E-state index contributed by atoms with van der Waals surface area (Å²) in [4.78, 5) is 29.0. The largest absolute Gasteiger partial charge is 0.342 e. The molecule has 2 rings (SSSR count). The molecule has 0 radical (unpaired) electrons. The zero-order valence-electron chi connectivity index (χ0n) is 11.7. The van der Waals surface area contributed by atoms with Crippen molar-refractivity contribution in [1.29, 1.82) is 0 Å². The molecule has 2 amide bonds. The summed E-state index contributed by atoms with van der Waals surface area (Å²) >= 11 is 7.65. The third-order valence-electron chi connectivity index (χ3n) is 3.63. The van der Waals surface area contributed by atoms with Crippen molar-refractivity contribution >= 4 is 40.4 Å². The zero-order valence-corrected chi connectivity index (χ0v) is 14.2. The molecular formula is C14H17BrN2O2S. The highest BCUT2D eigenvalue weighted by Gasteiger charge is 2.43. The molecule has 1 heterocycles. The molecule has 6 heteroatoms. The number of likely N-dealkylation sites (N-methyl/N-ethyl adjacent to an activating group) is 1. The van der Waals surface area contributed by atoms with E-state index in [9.17, 15) is 9.59 Å². The second-order valence-corrected chi connectivity index (χ2v) is 6.78. The van der Waals surface area contributed by atoms with E-state index in [1.807, 2.05) is 6.07 Å². The van der Waals surface area contributed by atoms with Crippen LogP contribution in [0.25, 0.3) is 0 Å². The van der Waals surface area contributed by atoms with Crippen molar-refractivity contribution in [2.45, 2.75) is 24.3 Å². The first-order valence-corrected chi connectivity index (χ1v) is 7.55. The first-order chi connectivity index (χ1) is 9.25. The fourth-order valence-electron chi connectivity index (χ4n) is 2.39. The standard InChI is InChI=1S/C14H17BrN2O2S/c1-14(2)13(19)16(3)6-7-17(14)12(18)10-8-9(20)4-5-11(10)15/h4-5,8,20H,6-7H2,1-3H3. The molecule has 4 nitrogen and oxygen atoms in total. The number of amides is 2. The number of hydrogen-bond donors (Lipinski definition) is 1. The van der Waals surface area contributed by atoms with Crippen molar-refractivity contribution in [3.63, 3.8) is 0 Å². The van der Waals surface area contributed by atoms with Crippen molar-refractivity contribution in [2.75, 3.05) is 20.1 Å². The van der Waals surface area contributed by atoms with Gasteiger partial charge in [0.25, 0.3) is 5.91 Å². The number of halogens is 1. The number of carbonyl (C=O) groups excluding carboxylic acids is 2. The van der Waals surface area contributed by atoms with E-state index < -0.39 is 5.54 Å². The van der Waals surface area contributed by atoms with E-state index in [1.54, 1.807) is 42.8 Å². The highest BCUT2D eigenvalue weighted by molar-refractivity contribution is 9.10. The van der Waals surface area contributed by atoms with Gasteiger partial charge < -0.3 is 9.80 Å². The van der Waals surface area contributed by atoms with Crippen LogP contribution in [0.15, 0.2) is 27.6 Å². The topological polar surface area (TPSA) is 40.6 Å². The van der Waals surface area contributed by atoms with Crippen molar-refractivity contribution in [1.82, 2.24) is 9.80 Å². The van der Waals surface area contributed by atoms with Gasteiger partial charge in [-0.1, -0.05) is 0 Å². The number of hydrogen-bond acceptors (Lipinski definition) is 3. The molecule has 0 unspecified atom stereocenters. The molecule has 1 saturated heterocycles. The van der Waals surface area contributed by atoms with Gasteiger partial charge in [0.2, 0.25) is 5.91 Å². The van der Waals surface area contributed by atoms with E-state index in [0.29, 0.717) is 23.1 Å². The van der Waals surface area contributed by atoms with Gasteiger partial charge >= 0.3 is 0 Å². The van der Waals surface area contributed by atoms with Gasteiger partial charge in [-0.05, 0) is 48.0 Å². The fourth-order valence-corrected chi connectivity index (χ4v) is 3.01. The number of nitrogens with zero attached hydrogens (tertiary/aromatic N) is 2. The normalized spacial score (nSPS) is 18.4. The SMILES string of the molecule is CN1CCN(C(=O)c2cc(S)ccc2Br)C(C)(C)C1=O. The molecule has 1 aliphatic heterocycles. The second-order valence-electron chi connectivity index (χ2n) is 5.41. The van der Waals surface area contributed by atoms with Crippen molar-refractivity contribution < 1.29 is 9.59 Å². The van der Waals surface area contributed by atoms with Gasteiger partial charge in [0.1, 0.15) is 5.54 Å². The number of rotatable bonds is 1. The Balaban J connectivity index is 2.38. The van der Waals surface area contributed by atoms with E-state index in [1.165, 1.54) is 0 Å². The average molecular weight is 357 g/mol. The third kappa shape index (κ3) is 2.59. The molecule has 0 aromatic heterocycles. The van der Waals surface area contributed by atoms with Crippen LogP contribution in [0.2, 0.25) is 0 Å². The van der Waals surface area contributed by atoms with Crippen LogP contribution < -0.4 is 0 Å². The molecule has 0 bridgehead atoms. The number of thiol groups is 1. The van der Waals surface area contributed by atoms with Crippen LogP contribution in [-0.4, -0.2) is 47.3 Å². The van der Waals surface area contributed by atoms with Gasteiger partial charge in [0.15, 0.2) is 0 Å². The predicted molar refractivity (Wildman–Crippen MR) is 84.1 cm³/mol. The highest BCUT2D eigenvalue weighted by atomic mass is 79.9. The van der Waals surface area contributed by atoms with Crippen molar-refractivity contribution in [2.24, 2.45) is 0 Å². The highest BCUT2D eigenvalue weighted by Crippen LogP contribution is 2.27. The smallest absolute Gasteiger partial charge is 0.255 e. The molecular weight excluding hydrogens is 340 g/mol. The van der Waals surface area contributed by atoms with Crippen molar-refractivity contribution in [3.8, 4) is 0 Å². The van der Waals surface area contributed by atoms with Gasteiger partial charge in [-0.25, -0.2) is 0 Å². The lowest BCUT2D eigenvalue weighted by atomic mass is 9.96. The lowest BCUT2D eigenvalue weighted by Gasteiger charge is -2.44. The third-order valence-corrected chi connectivity index (χ3v) is 4.60. The summed E-state index contributed by atoms with van der Waals surface area (Å²) in [5, 5.41) is 0. The predicted octanol–water partition coefficient (Wildman–Crippen LogP) is 2.43. The van der Waals surface area contributed by atoms with Crippen LogP contribution in [0, 0.1) is 0 Å². The zero-order chi connectivity index (χ0) is 15.1. The van der Waals surface area contributed by atoms with Crippen LogP contribution in [0.5, 0.6) is 0 Å². The van der Waals surface area contributed by atoms with Gasteiger partial charge in [0, 0.05) is 29.5 Å². The molecule has 108 valence electrons. The van der Waals surface area contributed by atoms with E-state index in [2.05, 4.69) is 28.6 Å². The molecule has 1 aromatic rings. The molecule has 20 heavy (non-hydrogen) atoms. The Labute approximate surface area is 132 Å². The molecule has 0 N–H and O–H groups in total.